The first-order valence-electron chi connectivity index (χ1n) is 5.61. The summed E-state index contributed by atoms with van der Waals surface area (Å²) in [6.45, 7) is 4.86. The molecule has 1 rings (SSSR count). The number of nitrogens with one attached hydrogen (secondary N) is 1. The lowest BCUT2D eigenvalue weighted by atomic mass is 9.86. The summed E-state index contributed by atoms with van der Waals surface area (Å²) in [6, 6.07) is 1.22. The van der Waals surface area contributed by atoms with Crippen LogP contribution in [0.5, 0.6) is 0 Å². The zero-order valence-electron chi connectivity index (χ0n) is 10.8. The minimum absolute atomic E-state index is 0.518. The summed E-state index contributed by atoms with van der Waals surface area (Å²) in [5.41, 5.74) is -1.28. The van der Waals surface area contributed by atoms with Gasteiger partial charge in [0.15, 0.2) is 0 Å². The minimum atomic E-state index is -1.24. The molecule has 0 bridgehead atoms. The molecule has 1 aromatic carbocycles. The normalized spacial score (nSPS) is 12.9. The molecule has 1 amide bonds. The smallest absolute Gasteiger partial charge is 0.326 e. The number of amides is 1. The van der Waals surface area contributed by atoms with Gasteiger partial charge in [0.05, 0.1) is 5.56 Å². The van der Waals surface area contributed by atoms with Crippen LogP contribution in [-0.4, -0.2) is 23.0 Å². The van der Waals surface area contributed by atoms with Crippen LogP contribution in [-0.2, 0) is 4.79 Å². The first-order chi connectivity index (χ1) is 8.62. The highest BCUT2D eigenvalue weighted by atomic mass is 19.1. The Kier molecular flexibility index (Phi) is 4.24. The lowest BCUT2D eigenvalue weighted by Gasteiger charge is -2.27. The standard InChI is InChI=1S/C13H15F2NO3/c1-13(2,3)10(12(18)19)16-11(17)8-6-7(14)4-5-9(8)15/h4-6,10H,1-3H3,(H,16,17)(H,18,19). The number of carbonyl (C=O) groups excluding carboxylic acids is 1. The number of halogens is 2. The quantitative estimate of drug-likeness (QED) is 0.885. The second kappa shape index (κ2) is 5.34. The van der Waals surface area contributed by atoms with Crippen LogP contribution >= 0.6 is 0 Å². The van der Waals surface area contributed by atoms with Crippen molar-refractivity contribution in [2.24, 2.45) is 5.41 Å². The van der Waals surface area contributed by atoms with E-state index in [1.165, 1.54) is 0 Å². The molecular weight excluding hydrogens is 256 g/mol. The van der Waals surface area contributed by atoms with E-state index in [9.17, 15) is 18.4 Å². The Labute approximate surface area is 109 Å². The molecule has 4 nitrogen and oxygen atoms in total. The van der Waals surface area contributed by atoms with Gasteiger partial charge in [-0.25, -0.2) is 13.6 Å². The zero-order valence-corrected chi connectivity index (χ0v) is 10.8. The number of aliphatic carboxylic acids is 1. The summed E-state index contributed by atoms with van der Waals surface area (Å²) in [5.74, 6) is -3.87. The molecule has 1 unspecified atom stereocenters. The van der Waals surface area contributed by atoms with E-state index >= 15 is 0 Å². The molecule has 0 spiro atoms. The summed E-state index contributed by atoms with van der Waals surface area (Å²) in [5, 5.41) is 11.2. The molecule has 0 aromatic heterocycles. The second-order valence-corrected chi connectivity index (χ2v) is 5.23. The first kappa shape index (κ1) is 15.1. The maximum Gasteiger partial charge on any atom is 0.326 e. The Morgan fingerprint density at radius 1 is 1.26 bits per heavy atom. The summed E-state index contributed by atoms with van der Waals surface area (Å²) in [6.07, 6.45) is 0. The van der Waals surface area contributed by atoms with Gasteiger partial charge in [0.2, 0.25) is 0 Å². The lowest BCUT2D eigenvalue weighted by Crippen LogP contribution is -2.49. The van der Waals surface area contributed by atoms with Crippen LogP contribution in [0.2, 0.25) is 0 Å². The molecule has 1 atom stereocenters. The molecule has 0 saturated carbocycles. The van der Waals surface area contributed by atoms with Crippen molar-refractivity contribution in [1.82, 2.24) is 5.32 Å². The summed E-state index contributed by atoms with van der Waals surface area (Å²) in [7, 11) is 0. The number of carboxylic acid groups (broad SMARTS) is 1. The number of carbonyl (C=O) groups is 2. The Morgan fingerprint density at radius 3 is 2.32 bits per heavy atom. The number of hydrogen-bond acceptors (Lipinski definition) is 2. The molecule has 0 fully saturated rings. The molecule has 1 aromatic rings. The van der Waals surface area contributed by atoms with E-state index in [0.717, 1.165) is 18.2 Å². The highest BCUT2D eigenvalue weighted by molar-refractivity contribution is 5.97. The molecule has 0 radical (unpaired) electrons. The number of carboxylic acids is 1. The largest absolute Gasteiger partial charge is 0.480 e. The lowest BCUT2D eigenvalue weighted by molar-refractivity contribution is -0.142. The highest BCUT2D eigenvalue weighted by Crippen LogP contribution is 2.20. The van der Waals surface area contributed by atoms with E-state index in [2.05, 4.69) is 5.32 Å². The SMILES string of the molecule is CC(C)(C)C(NC(=O)c1cc(F)ccc1F)C(=O)O. The molecule has 19 heavy (non-hydrogen) atoms. The molecule has 2 N–H and O–H groups in total. The first-order valence-corrected chi connectivity index (χ1v) is 5.61. The van der Waals surface area contributed by atoms with Crippen LogP contribution in [0.15, 0.2) is 18.2 Å². The molecule has 104 valence electrons. The van der Waals surface area contributed by atoms with Gasteiger partial charge in [-0.2, -0.15) is 0 Å². The molecule has 0 aliphatic carbocycles. The van der Waals surface area contributed by atoms with E-state index in [-0.39, 0.29) is 0 Å². The average Bonchev–Trinajstić information content (AvgIpc) is 2.26. The van der Waals surface area contributed by atoms with Gasteiger partial charge in [-0.15, -0.1) is 0 Å². The molecule has 0 aliphatic heterocycles. The van der Waals surface area contributed by atoms with Gasteiger partial charge in [-0.3, -0.25) is 4.79 Å². The van der Waals surface area contributed by atoms with Crippen molar-refractivity contribution in [3.05, 3.63) is 35.4 Å². The maximum atomic E-state index is 13.4. The van der Waals surface area contributed by atoms with Crippen molar-refractivity contribution < 1.29 is 23.5 Å². The monoisotopic (exact) mass is 271 g/mol. The fourth-order valence-electron chi connectivity index (χ4n) is 1.53. The number of benzene rings is 1. The Morgan fingerprint density at radius 2 is 1.84 bits per heavy atom. The second-order valence-electron chi connectivity index (χ2n) is 5.23. The van der Waals surface area contributed by atoms with Crippen LogP contribution in [0, 0.1) is 17.0 Å². The van der Waals surface area contributed by atoms with Crippen molar-refractivity contribution in [3.8, 4) is 0 Å². The van der Waals surface area contributed by atoms with Crippen LogP contribution in [0.3, 0.4) is 0 Å². The molecule has 0 aliphatic rings. The van der Waals surface area contributed by atoms with Crippen LogP contribution in [0.1, 0.15) is 31.1 Å². The van der Waals surface area contributed by atoms with Crippen molar-refractivity contribution in [3.63, 3.8) is 0 Å². The number of hydrogen-bond donors (Lipinski definition) is 2. The van der Waals surface area contributed by atoms with Crippen LogP contribution in [0.25, 0.3) is 0 Å². The molecule has 0 saturated heterocycles. The van der Waals surface area contributed by atoms with Crippen molar-refractivity contribution in [2.75, 3.05) is 0 Å². The van der Waals surface area contributed by atoms with Crippen LogP contribution < -0.4 is 5.32 Å². The Balaban J connectivity index is 3.01. The molecular formula is C13H15F2NO3. The van der Waals surface area contributed by atoms with Gasteiger partial charge in [-0.1, -0.05) is 20.8 Å². The van der Waals surface area contributed by atoms with Gasteiger partial charge in [-0.05, 0) is 23.6 Å². The van der Waals surface area contributed by atoms with Crippen molar-refractivity contribution >= 4 is 11.9 Å². The third-order valence-electron chi connectivity index (χ3n) is 2.56. The van der Waals surface area contributed by atoms with E-state index in [4.69, 9.17) is 5.11 Å². The fourth-order valence-corrected chi connectivity index (χ4v) is 1.53. The topological polar surface area (TPSA) is 66.4 Å². The van der Waals surface area contributed by atoms with Gasteiger partial charge in [0.1, 0.15) is 17.7 Å². The minimum Gasteiger partial charge on any atom is -0.480 e. The van der Waals surface area contributed by atoms with Gasteiger partial charge in [0.25, 0.3) is 5.91 Å². The van der Waals surface area contributed by atoms with E-state index in [1.54, 1.807) is 20.8 Å². The zero-order chi connectivity index (χ0) is 14.8. The third-order valence-corrected chi connectivity index (χ3v) is 2.56. The predicted molar refractivity (Wildman–Crippen MR) is 64.7 cm³/mol. The highest BCUT2D eigenvalue weighted by Gasteiger charge is 2.33. The number of rotatable bonds is 3. The van der Waals surface area contributed by atoms with Crippen molar-refractivity contribution in [1.29, 1.82) is 0 Å². The van der Waals surface area contributed by atoms with E-state index in [1.807, 2.05) is 0 Å². The van der Waals surface area contributed by atoms with E-state index < -0.39 is 40.5 Å². The summed E-state index contributed by atoms with van der Waals surface area (Å²) in [4.78, 5) is 22.9. The van der Waals surface area contributed by atoms with E-state index in [0.29, 0.717) is 0 Å². The third kappa shape index (κ3) is 3.74. The van der Waals surface area contributed by atoms with Gasteiger partial charge >= 0.3 is 5.97 Å². The Bertz CT molecular complexity index is 509. The maximum absolute atomic E-state index is 13.4. The van der Waals surface area contributed by atoms with Gasteiger partial charge < -0.3 is 10.4 Å². The molecule has 0 heterocycles. The van der Waals surface area contributed by atoms with Crippen LogP contribution in [0.4, 0.5) is 8.78 Å². The Hall–Kier alpha value is -1.98. The average molecular weight is 271 g/mol. The fraction of sp³-hybridized carbons (Fsp3) is 0.385. The summed E-state index contributed by atoms with van der Waals surface area (Å²) >= 11 is 0. The molecule has 6 heteroatoms. The predicted octanol–water partition coefficient (Wildman–Crippen LogP) is 2.19. The van der Waals surface area contributed by atoms with Crippen molar-refractivity contribution in [2.45, 2.75) is 26.8 Å². The van der Waals surface area contributed by atoms with Gasteiger partial charge in [0, 0.05) is 0 Å². The summed E-state index contributed by atoms with van der Waals surface area (Å²) < 4.78 is 26.4.